The summed E-state index contributed by atoms with van der Waals surface area (Å²) in [5, 5.41) is 6.65. The van der Waals surface area contributed by atoms with Crippen LogP contribution in [-0.4, -0.2) is 36.1 Å². The highest BCUT2D eigenvalue weighted by atomic mass is 16.5. The summed E-state index contributed by atoms with van der Waals surface area (Å²) >= 11 is 0. The second kappa shape index (κ2) is 7.64. The molecule has 0 aliphatic carbocycles. The number of rotatable bonds is 6. The van der Waals surface area contributed by atoms with E-state index in [1.54, 1.807) is 19.2 Å². The SMILES string of the molecule is COc1cccc2c1ccn2CCNC(=O)C[C@@H]1Oc2ccccc2NC1=O. The predicted octanol–water partition coefficient (Wildman–Crippen LogP) is 2.56. The molecular formula is C21H21N3O4. The smallest absolute Gasteiger partial charge is 0.266 e. The first kappa shape index (κ1) is 17.9. The molecule has 0 unspecified atom stereocenters. The van der Waals surface area contributed by atoms with Gasteiger partial charge in [-0.25, -0.2) is 0 Å². The predicted molar refractivity (Wildman–Crippen MR) is 106 cm³/mol. The number of nitrogens with one attached hydrogen (secondary N) is 2. The third kappa shape index (κ3) is 3.51. The van der Waals surface area contributed by atoms with Crippen LogP contribution in [0.15, 0.2) is 54.7 Å². The highest BCUT2D eigenvalue weighted by Gasteiger charge is 2.29. The molecule has 2 heterocycles. The number of methoxy groups -OCH3 is 1. The van der Waals surface area contributed by atoms with Crippen LogP contribution in [0.1, 0.15) is 6.42 Å². The quantitative estimate of drug-likeness (QED) is 0.690. The van der Waals surface area contributed by atoms with Crippen molar-refractivity contribution >= 4 is 28.4 Å². The molecule has 3 aromatic rings. The Balaban J connectivity index is 1.33. The Kier molecular flexibility index (Phi) is 4.89. The van der Waals surface area contributed by atoms with Gasteiger partial charge >= 0.3 is 0 Å². The van der Waals surface area contributed by atoms with Crippen molar-refractivity contribution < 1.29 is 19.1 Å². The van der Waals surface area contributed by atoms with Crippen LogP contribution < -0.4 is 20.1 Å². The number of carbonyl (C=O) groups is 2. The summed E-state index contributed by atoms with van der Waals surface area (Å²) < 4.78 is 13.1. The van der Waals surface area contributed by atoms with Crippen LogP contribution >= 0.6 is 0 Å². The first-order chi connectivity index (χ1) is 13.7. The second-order valence-corrected chi connectivity index (χ2v) is 6.55. The van der Waals surface area contributed by atoms with Crippen LogP contribution in [0.4, 0.5) is 5.69 Å². The van der Waals surface area contributed by atoms with Gasteiger partial charge in [0.25, 0.3) is 5.91 Å². The molecule has 1 aromatic heterocycles. The molecule has 0 radical (unpaired) electrons. The van der Waals surface area contributed by atoms with Crippen LogP contribution in [0.5, 0.6) is 11.5 Å². The van der Waals surface area contributed by atoms with Crippen LogP contribution in [0, 0.1) is 0 Å². The Morgan fingerprint density at radius 1 is 1.21 bits per heavy atom. The van der Waals surface area contributed by atoms with Gasteiger partial charge in [-0.05, 0) is 30.3 Å². The van der Waals surface area contributed by atoms with Crippen LogP contribution in [0.2, 0.25) is 0 Å². The van der Waals surface area contributed by atoms with Gasteiger partial charge in [-0.2, -0.15) is 0 Å². The number of ether oxygens (including phenoxy) is 2. The van der Waals surface area contributed by atoms with Gasteiger partial charge < -0.3 is 24.7 Å². The molecule has 4 rings (SSSR count). The molecule has 2 amide bonds. The summed E-state index contributed by atoms with van der Waals surface area (Å²) in [7, 11) is 1.65. The van der Waals surface area contributed by atoms with Crippen LogP contribution in [0.3, 0.4) is 0 Å². The summed E-state index contributed by atoms with van der Waals surface area (Å²) in [5.41, 5.74) is 1.67. The van der Waals surface area contributed by atoms with Crippen molar-refractivity contribution in [2.24, 2.45) is 0 Å². The highest BCUT2D eigenvalue weighted by Crippen LogP contribution is 2.29. The van der Waals surface area contributed by atoms with E-state index in [1.807, 2.05) is 42.6 Å². The minimum atomic E-state index is -0.827. The van der Waals surface area contributed by atoms with Gasteiger partial charge in [0.2, 0.25) is 5.91 Å². The van der Waals surface area contributed by atoms with Crippen molar-refractivity contribution in [3.05, 3.63) is 54.7 Å². The number of hydrogen-bond donors (Lipinski definition) is 2. The lowest BCUT2D eigenvalue weighted by atomic mass is 10.1. The van der Waals surface area contributed by atoms with E-state index >= 15 is 0 Å². The lowest BCUT2D eigenvalue weighted by Crippen LogP contribution is -2.41. The topological polar surface area (TPSA) is 81.6 Å². The van der Waals surface area contributed by atoms with Gasteiger partial charge in [0.1, 0.15) is 11.5 Å². The molecule has 1 aliphatic rings. The fourth-order valence-electron chi connectivity index (χ4n) is 3.35. The summed E-state index contributed by atoms with van der Waals surface area (Å²) in [6.07, 6.45) is 1.11. The monoisotopic (exact) mass is 379 g/mol. The van der Waals surface area contributed by atoms with E-state index in [9.17, 15) is 9.59 Å². The largest absolute Gasteiger partial charge is 0.496 e. The lowest BCUT2D eigenvalue weighted by molar-refractivity contribution is -0.130. The van der Waals surface area contributed by atoms with Crippen molar-refractivity contribution in [1.29, 1.82) is 0 Å². The van der Waals surface area contributed by atoms with Crippen molar-refractivity contribution in [2.75, 3.05) is 19.0 Å². The molecule has 144 valence electrons. The highest BCUT2D eigenvalue weighted by molar-refractivity contribution is 5.99. The molecule has 7 heteroatoms. The van der Waals surface area contributed by atoms with Gasteiger partial charge in [-0.15, -0.1) is 0 Å². The Morgan fingerprint density at radius 2 is 2.07 bits per heavy atom. The van der Waals surface area contributed by atoms with E-state index in [2.05, 4.69) is 15.2 Å². The standard InChI is InChI=1S/C21H21N3O4/c1-27-17-8-4-6-16-14(17)9-11-24(16)12-10-22-20(25)13-19-21(26)23-15-5-2-3-7-18(15)28-19/h2-9,11,19H,10,12-13H2,1H3,(H,22,25)(H,23,26)/t19-/m0/s1. The summed E-state index contributed by atoms with van der Waals surface area (Å²) in [6, 6.07) is 15.0. The van der Waals surface area contributed by atoms with E-state index in [0.717, 1.165) is 16.7 Å². The molecule has 2 aromatic carbocycles. The maximum atomic E-state index is 12.3. The molecule has 28 heavy (non-hydrogen) atoms. The molecule has 0 fully saturated rings. The molecule has 0 saturated carbocycles. The van der Waals surface area contributed by atoms with E-state index in [1.165, 1.54) is 0 Å². The molecule has 1 atom stereocenters. The number of hydrogen-bond acceptors (Lipinski definition) is 4. The third-order valence-corrected chi connectivity index (χ3v) is 4.75. The summed E-state index contributed by atoms with van der Waals surface area (Å²) in [6.45, 7) is 1.06. The number of aromatic nitrogens is 1. The molecule has 0 bridgehead atoms. The molecule has 2 N–H and O–H groups in total. The van der Waals surface area contributed by atoms with Gasteiger partial charge in [0, 0.05) is 24.7 Å². The van der Waals surface area contributed by atoms with Crippen molar-refractivity contribution in [3.8, 4) is 11.5 Å². The van der Waals surface area contributed by atoms with Crippen molar-refractivity contribution in [1.82, 2.24) is 9.88 Å². The summed E-state index contributed by atoms with van der Waals surface area (Å²) in [5.74, 6) is 0.861. The Labute approximate surface area is 162 Å². The average Bonchev–Trinajstić information content (AvgIpc) is 3.12. The summed E-state index contributed by atoms with van der Waals surface area (Å²) in [4.78, 5) is 24.4. The Morgan fingerprint density at radius 3 is 2.93 bits per heavy atom. The second-order valence-electron chi connectivity index (χ2n) is 6.55. The zero-order valence-corrected chi connectivity index (χ0v) is 15.5. The third-order valence-electron chi connectivity index (χ3n) is 4.75. The van der Waals surface area contributed by atoms with Crippen LogP contribution in [-0.2, 0) is 16.1 Å². The van der Waals surface area contributed by atoms with Crippen LogP contribution in [0.25, 0.3) is 10.9 Å². The fourth-order valence-corrected chi connectivity index (χ4v) is 3.35. The number of benzene rings is 2. The Hall–Kier alpha value is -3.48. The van der Waals surface area contributed by atoms with Crippen molar-refractivity contribution in [2.45, 2.75) is 19.1 Å². The molecule has 0 saturated heterocycles. The van der Waals surface area contributed by atoms with E-state index < -0.39 is 6.10 Å². The molecule has 7 nitrogen and oxygen atoms in total. The number of amides is 2. The maximum Gasteiger partial charge on any atom is 0.266 e. The maximum absolute atomic E-state index is 12.3. The van der Waals surface area contributed by atoms with E-state index in [4.69, 9.17) is 9.47 Å². The first-order valence-electron chi connectivity index (χ1n) is 9.11. The number of fused-ring (bicyclic) bond motifs is 2. The molecule has 0 spiro atoms. The Bertz CT molecular complexity index is 1030. The number of carbonyl (C=O) groups excluding carboxylic acids is 2. The zero-order chi connectivity index (χ0) is 19.5. The minimum Gasteiger partial charge on any atom is -0.496 e. The van der Waals surface area contributed by atoms with E-state index in [0.29, 0.717) is 24.5 Å². The lowest BCUT2D eigenvalue weighted by Gasteiger charge is -2.25. The minimum absolute atomic E-state index is 0.0274. The number of para-hydroxylation sites is 2. The van der Waals surface area contributed by atoms with Gasteiger partial charge in [0.15, 0.2) is 6.10 Å². The number of nitrogens with zero attached hydrogens (tertiary/aromatic N) is 1. The first-order valence-corrected chi connectivity index (χ1v) is 9.11. The van der Waals surface area contributed by atoms with E-state index in [-0.39, 0.29) is 18.2 Å². The fraction of sp³-hybridized carbons (Fsp3) is 0.238. The van der Waals surface area contributed by atoms with Crippen molar-refractivity contribution in [3.63, 3.8) is 0 Å². The zero-order valence-electron chi connectivity index (χ0n) is 15.5. The molecule has 1 aliphatic heterocycles. The molecular weight excluding hydrogens is 358 g/mol. The normalized spacial score (nSPS) is 15.5. The number of anilines is 1. The average molecular weight is 379 g/mol. The van der Waals surface area contributed by atoms with Gasteiger partial charge in [-0.1, -0.05) is 18.2 Å². The van der Waals surface area contributed by atoms with Gasteiger partial charge in [0.05, 0.1) is 24.7 Å². The van der Waals surface area contributed by atoms with Gasteiger partial charge in [-0.3, -0.25) is 9.59 Å².